The van der Waals surface area contributed by atoms with Gasteiger partial charge in [0.05, 0.1) is 12.2 Å². The minimum Gasteiger partial charge on any atom is -0.483 e. The van der Waals surface area contributed by atoms with Gasteiger partial charge in [0.2, 0.25) is 0 Å². The lowest BCUT2D eigenvalue weighted by molar-refractivity contribution is -0.125. The number of fused-ring (bicyclic) bond motifs is 1. The molecule has 1 unspecified atom stereocenters. The van der Waals surface area contributed by atoms with Gasteiger partial charge in [-0.1, -0.05) is 36.4 Å². The Morgan fingerprint density at radius 1 is 1.09 bits per heavy atom. The Balaban J connectivity index is 1.52. The van der Waals surface area contributed by atoms with Crippen LogP contribution in [0.4, 0.5) is 15.8 Å². The maximum atomic E-state index is 14.2. The van der Waals surface area contributed by atoms with Crippen LogP contribution in [-0.4, -0.2) is 24.5 Å². The van der Waals surface area contributed by atoms with Crippen molar-refractivity contribution in [3.8, 4) is 11.5 Å². The second kappa shape index (κ2) is 9.32. The first-order valence-electron chi connectivity index (χ1n) is 10.7. The van der Waals surface area contributed by atoms with E-state index in [4.69, 9.17) is 9.47 Å². The number of aryl methyl sites for hydroxylation is 2. The fraction of sp³-hybridized carbons (Fsp3) is 0.231. The molecule has 1 aliphatic heterocycles. The van der Waals surface area contributed by atoms with E-state index in [-0.39, 0.29) is 30.8 Å². The average Bonchev–Trinajstić information content (AvgIpc) is 2.78. The summed E-state index contributed by atoms with van der Waals surface area (Å²) in [5.41, 5.74) is 3.24. The lowest BCUT2D eigenvalue weighted by atomic mass is 10.1. The van der Waals surface area contributed by atoms with Gasteiger partial charge in [0.15, 0.2) is 12.7 Å². The predicted octanol–water partition coefficient (Wildman–Crippen LogP) is 4.77. The maximum absolute atomic E-state index is 14.2. The summed E-state index contributed by atoms with van der Waals surface area (Å²) >= 11 is 0. The molecule has 1 atom stereocenters. The van der Waals surface area contributed by atoms with Crippen molar-refractivity contribution >= 4 is 23.2 Å². The van der Waals surface area contributed by atoms with Gasteiger partial charge in [-0.05, 0) is 56.2 Å². The van der Waals surface area contributed by atoms with Gasteiger partial charge in [0.25, 0.3) is 11.8 Å². The van der Waals surface area contributed by atoms with Crippen LogP contribution in [0.15, 0.2) is 60.7 Å². The van der Waals surface area contributed by atoms with Gasteiger partial charge in [-0.25, -0.2) is 4.39 Å². The Bertz CT molecular complexity index is 1190. The van der Waals surface area contributed by atoms with Crippen LogP contribution < -0.4 is 19.7 Å². The molecule has 3 aromatic rings. The Morgan fingerprint density at radius 3 is 2.55 bits per heavy atom. The van der Waals surface area contributed by atoms with Crippen molar-refractivity contribution < 1.29 is 23.5 Å². The van der Waals surface area contributed by atoms with Gasteiger partial charge in [0.1, 0.15) is 17.3 Å². The number of amides is 2. The highest BCUT2D eigenvalue weighted by molar-refractivity contribution is 6.01. The van der Waals surface area contributed by atoms with E-state index in [9.17, 15) is 14.0 Å². The van der Waals surface area contributed by atoms with E-state index in [1.54, 1.807) is 43.3 Å². The van der Waals surface area contributed by atoms with Crippen molar-refractivity contribution in [2.24, 2.45) is 0 Å². The SMILES string of the molecule is Cc1cccc(C)c1OCC(=O)Nc1ccc2c(c1)N(Cc1ccccc1F)C(=O)C(C)O2. The summed E-state index contributed by atoms with van der Waals surface area (Å²) in [7, 11) is 0. The highest BCUT2D eigenvalue weighted by Crippen LogP contribution is 2.37. The van der Waals surface area contributed by atoms with Gasteiger partial charge in [-0.15, -0.1) is 0 Å². The number of anilines is 2. The molecule has 33 heavy (non-hydrogen) atoms. The summed E-state index contributed by atoms with van der Waals surface area (Å²) < 4.78 is 25.7. The molecule has 0 bridgehead atoms. The van der Waals surface area contributed by atoms with Crippen LogP contribution in [0.2, 0.25) is 0 Å². The Kier molecular flexibility index (Phi) is 6.31. The van der Waals surface area contributed by atoms with Crippen LogP contribution in [0.3, 0.4) is 0 Å². The molecule has 2 amide bonds. The van der Waals surface area contributed by atoms with Crippen molar-refractivity contribution in [1.82, 2.24) is 0 Å². The average molecular weight is 448 g/mol. The van der Waals surface area contributed by atoms with Gasteiger partial charge in [-0.3, -0.25) is 9.59 Å². The molecule has 1 heterocycles. The van der Waals surface area contributed by atoms with E-state index in [2.05, 4.69) is 5.32 Å². The van der Waals surface area contributed by atoms with Crippen molar-refractivity contribution in [2.45, 2.75) is 33.4 Å². The molecular weight excluding hydrogens is 423 g/mol. The normalized spacial score (nSPS) is 15.0. The number of para-hydroxylation sites is 1. The summed E-state index contributed by atoms with van der Waals surface area (Å²) in [5, 5.41) is 2.79. The summed E-state index contributed by atoms with van der Waals surface area (Å²) in [6.45, 7) is 5.39. The van der Waals surface area contributed by atoms with Crippen molar-refractivity contribution in [3.63, 3.8) is 0 Å². The number of benzene rings is 3. The Labute approximate surface area is 191 Å². The number of halogens is 1. The fourth-order valence-electron chi connectivity index (χ4n) is 3.81. The second-order valence-electron chi connectivity index (χ2n) is 8.02. The smallest absolute Gasteiger partial charge is 0.268 e. The third-order valence-corrected chi connectivity index (χ3v) is 5.49. The zero-order valence-electron chi connectivity index (χ0n) is 18.7. The first-order valence-corrected chi connectivity index (χ1v) is 10.7. The summed E-state index contributed by atoms with van der Waals surface area (Å²) in [4.78, 5) is 26.8. The van der Waals surface area contributed by atoms with Crippen LogP contribution in [0.5, 0.6) is 11.5 Å². The molecule has 0 spiro atoms. The second-order valence-corrected chi connectivity index (χ2v) is 8.02. The number of carbonyl (C=O) groups is 2. The minimum absolute atomic E-state index is 0.0548. The van der Waals surface area contributed by atoms with Crippen LogP contribution in [0, 0.1) is 19.7 Å². The molecule has 1 aliphatic rings. The van der Waals surface area contributed by atoms with E-state index in [0.717, 1.165) is 11.1 Å². The highest BCUT2D eigenvalue weighted by Gasteiger charge is 2.32. The lowest BCUT2D eigenvalue weighted by Crippen LogP contribution is -2.44. The monoisotopic (exact) mass is 448 g/mol. The molecule has 0 aromatic heterocycles. The molecule has 0 fully saturated rings. The molecular formula is C26H25FN2O4. The molecule has 0 saturated carbocycles. The van der Waals surface area contributed by atoms with E-state index >= 15 is 0 Å². The minimum atomic E-state index is -0.699. The highest BCUT2D eigenvalue weighted by atomic mass is 19.1. The number of ether oxygens (including phenoxy) is 2. The van der Waals surface area contributed by atoms with Crippen LogP contribution >= 0.6 is 0 Å². The molecule has 3 aromatic carbocycles. The zero-order valence-corrected chi connectivity index (χ0v) is 18.7. The Morgan fingerprint density at radius 2 is 1.82 bits per heavy atom. The van der Waals surface area contributed by atoms with Gasteiger partial charge in [0, 0.05) is 11.3 Å². The number of hydrogen-bond donors (Lipinski definition) is 1. The Hall–Kier alpha value is -3.87. The molecule has 6 nitrogen and oxygen atoms in total. The first kappa shape index (κ1) is 22.3. The van der Waals surface area contributed by atoms with Crippen LogP contribution in [0.25, 0.3) is 0 Å². The van der Waals surface area contributed by atoms with Crippen molar-refractivity contribution in [3.05, 3.63) is 83.2 Å². The van der Waals surface area contributed by atoms with Crippen molar-refractivity contribution in [2.75, 3.05) is 16.8 Å². The number of rotatable bonds is 6. The lowest BCUT2D eigenvalue weighted by Gasteiger charge is -2.33. The molecule has 0 aliphatic carbocycles. The largest absolute Gasteiger partial charge is 0.483 e. The molecule has 4 rings (SSSR count). The van der Waals surface area contributed by atoms with Crippen LogP contribution in [0.1, 0.15) is 23.6 Å². The van der Waals surface area contributed by atoms with E-state index in [1.165, 1.54) is 11.0 Å². The topological polar surface area (TPSA) is 67.9 Å². The predicted molar refractivity (Wildman–Crippen MR) is 124 cm³/mol. The molecule has 0 radical (unpaired) electrons. The van der Waals surface area contributed by atoms with E-state index < -0.39 is 6.10 Å². The third-order valence-electron chi connectivity index (χ3n) is 5.49. The first-order chi connectivity index (χ1) is 15.8. The van der Waals surface area contributed by atoms with Gasteiger partial charge < -0.3 is 19.7 Å². The summed E-state index contributed by atoms with van der Waals surface area (Å²) in [5.74, 6) is 0.159. The molecule has 1 N–H and O–H groups in total. The molecule has 0 saturated heterocycles. The maximum Gasteiger partial charge on any atom is 0.268 e. The number of nitrogens with one attached hydrogen (secondary N) is 1. The number of nitrogens with zero attached hydrogens (tertiary/aromatic N) is 1. The van der Waals surface area contributed by atoms with Crippen LogP contribution in [-0.2, 0) is 16.1 Å². The summed E-state index contributed by atoms with van der Waals surface area (Å²) in [6.07, 6.45) is -0.699. The fourth-order valence-corrected chi connectivity index (χ4v) is 3.81. The quantitative estimate of drug-likeness (QED) is 0.590. The number of carbonyl (C=O) groups excluding carboxylic acids is 2. The molecule has 7 heteroatoms. The van der Waals surface area contributed by atoms with E-state index in [0.29, 0.717) is 28.4 Å². The number of hydrogen-bond acceptors (Lipinski definition) is 4. The van der Waals surface area contributed by atoms with Crippen molar-refractivity contribution in [1.29, 1.82) is 0 Å². The standard InChI is InChI=1S/C26H25FN2O4/c1-16-7-6-8-17(2)25(16)32-15-24(30)28-20-11-12-23-22(13-20)29(26(31)18(3)33-23)14-19-9-4-5-10-21(19)27/h4-13,18H,14-15H2,1-3H3,(H,28,30). The van der Waals surface area contributed by atoms with Gasteiger partial charge in [-0.2, -0.15) is 0 Å². The van der Waals surface area contributed by atoms with E-state index in [1.807, 2.05) is 32.0 Å². The zero-order chi connectivity index (χ0) is 23.5. The molecule has 170 valence electrons. The summed E-state index contributed by atoms with van der Waals surface area (Å²) in [6, 6.07) is 17.1. The van der Waals surface area contributed by atoms with Gasteiger partial charge >= 0.3 is 0 Å². The third kappa shape index (κ3) is 4.82.